The summed E-state index contributed by atoms with van der Waals surface area (Å²) in [5, 5.41) is 0. The summed E-state index contributed by atoms with van der Waals surface area (Å²) in [4.78, 5) is 22.3. The number of rotatable bonds is 8. The van der Waals surface area contributed by atoms with E-state index in [0.717, 1.165) is 37.7 Å². The number of carbonyl (C=O) groups is 2. The smallest absolute Gasteiger partial charge is 0.158 e. The Morgan fingerprint density at radius 1 is 1.26 bits per heavy atom. The molecule has 0 atom stereocenters. The van der Waals surface area contributed by atoms with Crippen LogP contribution in [0.3, 0.4) is 0 Å². The van der Waals surface area contributed by atoms with Crippen molar-refractivity contribution in [3.8, 4) is 0 Å². The number of unbranched alkanes of at least 4 members (excludes halogenated alkanes) is 1. The van der Waals surface area contributed by atoms with Crippen molar-refractivity contribution < 1.29 is 9.59 Å². The maximum absolute atomic E-state index is 11.7. The molecule has 2 heteroatoms. The number of allylic oxidation sites excluding steroid dienone is 5. The van der Waals surface area contributed by atoms with E-state index in [0.29, 0.717) is 24.0 Å². The van der Waals surface area contributed by atoms with Crippen molar-refractivity contribution in [3.05, 3.63) is 36.5 Å². The van der Waals surface area contributed by atoms with Crippen LogP contribution in [0.4, 0.5) is 0 Å². The third-order valence-electron chi connectivity index (χ3n) is 3.92. The molecule has 0 aromatic rings. The Morgan fingerprint density at radius 3 is 2.48 bits per heavy atom. The summed E-state index contributed by atoms with van der Waals surface area (Å²) in [6.45, 7) is 12.1. The maximum atomic E-state index is 11.7. The lowest BCUT2D eigenvalue weighted by Crippen LogP contribution is -2.19. The third-order valence-corrected chi connectivity index (χ3v) is 3.92. The molecular weight excluding hydrogens is 284 g/mol. The molecule has 0 saturated carbocycles. The van der Waals surface area contributed by atoms with Gasteiger partial charge < -0.3 is 0 Å². The van der Waals surface area contributed by atoms with Crippen LogP contribution in [-0.4, -0.2) is 11.6 Å². The van der Waals surface area contributed by atoms with E-state index in [1.807, 2.05) is 19.1 Å². The first-order valence-corrected chi connectivity index (χ1v) is 8.88. The highest BCUT2D eigenvalue weighted by Gasteiger charge is 2.25. The molecule has 0 saturated heterocycles. The topological polar surface area (TPSA) is 34.1 Å². The summed E-state index contributed by atoms with van der Waals surface area (Å²) in [6, 6.07) is 0. The van der Waals surface area contributed by atoms with Crippen LogP contribution in [-0.2, 0) is 9.59 Å². The number of Topliss-reactive ketones (excluding diaryl/α,β-unsaturated/α-hetero) is 1. The van der Waals surface area contributed by atoms with Gasteiger partial charge in [-0.2, -0.15) is 0 Å². The highest BCUT2D eigenvalue weighted by molar-refractivity contribution is 5.95. The molecule has 1 rings (SSSR count). The molecule has 0 amide bonds. The first kappa shape index (κ1) is 21.6. The molecule has 0 heterocycles. The van der Waals surface area contributed by atoms with Gasteiger partial charge in [-0.05, 0) is 49.2 Å². The molecule has 130 valence electrons. The number of hydrogen-bond donors (Lipinski definition) is 0. The second-order valence-electron chi connectivity index (χ2n) is 6.87. The Hall–Kier alpha value is -1.44. The van der Waals surface area contributed by atoms with Crippen LogP contribution in [0.5, 0.6) is 0 Å². The number of ketones is 2. The Morgan fingerprint density at radius 2 is 1.96 bits per heavy atom. The zero-order chi connectivity index (χ0) is 17.7. The van der Waals surface area contributed by atoms with Crippen molar-refractivity contribution in [1.82, 2.24) is 0 Å². The van der Waals surface area contributed by atoms with Gasteiger partial charge in [0.05, 0.1) is 0 Å². The predicted octanol–water partition coefficient (Wildman–Crippen LogP) is 5.98. The van der Waals surface area contributed by atoms with Gasteiger partial charge in [0.1, 0.15) is 0 Å². The second-order valence-corrected chi connectivity index (χ2v) is 6.87. The minimum absolute atomic E-state index is 0.225. The summed E-state index contributed by atoms with van der Waals surface area (Å²) in [7, 11) is 0. The monoisotopic (exact) mass is 318 g/mol. The Kier molecular flexibility index (Phi) is 11.3. The van der Waals surface area contributed by atoms with Gasteiger partial charge in [0, 0.05) is 12.8 Å². The first-order valence-electron chi connectivity index (χ1n) is 8.88. The Labute approximate surface area is 142 Å². The minimum atomic E-state index is 0.225. The lowest BCUT2D eigenvalue weighted by atomic mass is 9.76. The van der Waals surface area contributed by atoms with Crippen LogP contribution in [0.25, 0.3) is 0 Å². The third kappa shape index (κ3) is 10.8. The molecule has 1 aliphatic rings. The van der Waals surface area contributed by atoms with Gasteiger partial charge in [0.25, 0.3) is 0 Å². The van der Waals surface area contributed by atoms with Gasteiger partial charge in [-0.3, -0.25) is 9.59 Å². The fourth-order valence-electron chi connectivity index (χ4n) is 2.42. The molecule has 0 aromatic carbocycles. The van der Waals surface area contributed by atoms with Crippen LogP contribution in [0, 0.1) is 5.41 Å². The second kappa shape index (κ2) is 12.0. The van der Waals surface area contributed by atoms with Crippen LogP contribution in [0.2, 0.25) is 0 Å². The van der Waals surface area contributed by atoms with E-state index < -0.39 is 0 Å². The Balaban J connectivity index is 0.000000468. The molecule has 0 N–H and O–H groups in total. The quantitative estimate of drug-likeness (QED) is 0.407. The molecule has 0 spiro atoms. The van der Waals surface area contributed by atoms with E-state index >= 15 is 0 Å². The molecule has 0 unspecified atom stereocenters. The standard InChI is InChI=1S/C13H20O.C8H14O/c1-4-5-8-12(14)11-7-6-9-13(2,3)10-11;1-3-5-6-7-8(9)4-2/h4,7H,1,5-6,8-10H2,2-3H3;6-7H,3-5H2,1-2H3/b;7-6+. The summed E-state index contributed by atoms with van der Waals surface area (Å²) in [5.41, 5.74) is 1.36. The van der Waals surface area contributed by atoms with E-state index in [9.17, 15) is 9.59 Å². The van der Waals surface area contributed by atoms with E-state index in [2.05, 4.69) is 33.4 Å². The van der Waals surface area contributed by atoms with E-state index in [-0.39, 0.29) is 5.78 Å². The number of hydrogen-bond acceptors (Lipinski definition) is 2. The lowest BCUT2D eigenvalue weighted by Gasteiger charge is -2.29. The fourth-order valence-corrected chi connectivity index (χ4v) is 2.42. The van der Waals surface area contributed by atoms with Crippen molar-refractivity contribution in [2.45, 2.75) is 79.1 Å². The van der Waals surface area contributed by atoms with Gasteiger partial charge in [-0.1, -0.05) is 52.3 Å². The van der Waals surface area contributed by atoms with Crippen molar-refractivity contribution in [2.24, 2.45) is 5.41 Å². The lowest BCUT2D eigenvalue weighted by molar-refractivity contribution is -0.116. The molecule has 0 aromatic heterocycles. The van der Waals surface area contributed by atoms with Crippen molar-refractivity contribution in [3.63, 3.8) is 0 Å². The van der Waals surface area contributed by atoms with Crippen molar-refractivity contribution in [1.29, 1.82) is 0 Å². The average molecular weight is 319 g/mol. The van der Waals surface area contributed by atoms with Gasteiger partial charge in [-0.25, -0.2) is 0 Å². The molecule has 0 fully saturated rings. The van der Waals surface area contributed by atoms with Crippen LogP contribution >= 0.6 is 0 Å². The van der Waals surface area contributed by atoms with Crippen molar-refractivity contribution >= 4 is 11.6 Å². The fraction of sp³-hybridized carbons (Fsp3) is 0.619. The van der Waals surface area contributed by atoms with E-state index in [4.69, 9.17) is 0 Å². The number of carbonyl (C=O) groups excluding carboxylic acids is 2. The summed E-state index contributed by atoms with van der Waals surface area (Å²) >= 11 is 0. The molecule has 0 bridgehead atoms. The SMILES string of the molecule is C=CCCC(=O)C1=CCCC(C)(C)C1.CCC/C=C/C(=O)CC. The molecule has 0 aliphatic heterocycles. The maximum Gasteiger partial charge on any atom is 0.158 e. The van der Waals surface area contributed by atoms with Gasteiger partial charge in [0.15, 0.2) is 11.6 Å². The van der Waals surface area contributed by atoms with Gasteiger partial charge in [0.2, 0.25) is 0 Å². The van der Waals surface area contributed by atoms with Crippen LogP contribution < -0.4 is 0 Å². The molecular formula is C21H34O2. The molecule has 2 nitrogen and oxygen atoms in total. The average Bonchev–Trinajstić information content (AvgIpc) is 2.52. The minimum Gasteiger partial charge on any atom is -0.295 e. The first-order chi connectivity index (χ1) is 10.9. The zero-order valence-electron chi connectivity index (χ0n) is 15.5. The predicted molar refractivity (Wildman–Crippen MR) is 99.5 cm³/mol. The molecule has 23 heavy (non-hydrogen) atoms. The van der Waals surface area contributed by atoms with E-state index in [1.54, 1.807) is 6.08 Å². The molecule has 0 radical (unpaired) electrons. The summed E-state index contributed by atoms with van der Waals surface area (Å²) in [6.07, 6.45) is 14.9. The zero-order valence-corrected chi connectivity index (χ0v) is 15.5. The van der Waals surface area contributed by atoms with Crippen LogP contribution in [0.1, 0.15) is 79.1 Å². The summed E-state index contributed by atoms with van der Waals surface area (Å²) < 4.78 is 0. The highest BCUT2D eigenvalue weighted by atomic mass is 16.1. The van der Waals surface area contributed by atoms with Gasteiger partial charge in [-0.15, -0.1) is 6.58 Å². The van der Waals surface area contributed by atoms with E-state index in [1.165, 1.54) is 6.42 Å². The molecule has 1 aliphatic carbocycles. The largest absolute Gasteiger partial charge is 0.295 e. The normalized spacial score (nSPS) is 16.3. The van der Waals surface area contributed by atoms with Gasteiger partial charge >= 0.3 is 0 Å². The van der Waals surface area contributed by atoms with Crippen LogP contribution in [0.15, 0.2) is 36.5 Å². The highest BCUT2D eigenvalue weighted by Crippen LogP contribution is 2.35. The van der Waals surface area contributed by atoms with Crippen molar-refractivity contribution in [2.75, 3.05) is 0 Å². The summed E-state index contributed by atoms with van der Waals surface area (Å²) in [5.74, 6) is 0.543. The Bertz CT molecular complexity index is 439.